The summed E-state index contributed by atoms with van der Waals surface area (Å²) < 4.78 is 16.3. The van der Waals surface area contributed by atoms with Crippen molar-refractivity contribution < 1.29 is 13.7 Å². The van der Waals surface area contributed by atoms with Crippen molar-refractivity contribution in [3.8, 4) is 5.75 Å². The molecule has 0 bridgehead atoms. The monoisotopic (exact) mass is 337 g/mol. The van der Waals surface area contributed by atoms with Crippen LogP contribution in [-0.2, 0) is 16.6 Å². The molecule has 22 heavy (non-hydrogen) atoms. The standard InChI is InChI=1S/C16H16ClNO3S/c1-21-15-7-6-13(9-14(15)17)18-16(19)12-5-3-4-11(8-12)10-22(2)20/h3-9H,10H2,1-2H3,(H,18,19). The fourth-order valence-corrected chi connectivity index (χ4v) is 2.89. The maximum atomic E-state index is 12.3. The first-order valence-electron chi connectivity index (χ1n) is 6.53. The minimum Gasteiger partial charge on any atom is -0.495 e. The van der Waals surface area contributed by atoms with Crippen LogP contribution in [0.25, 0.3) is 0 Å². The summed E-state index contributed by atoms with van der Waals surface area (Å²) in [6.45, 7) is 0. The summed E-state index contributed by atoms with van der Waals surface area (Å²) in [5, 5.41) is 3.20. The average molecular weight is 338 g/mol. The molecule has 1 N–H and O–H groups in total. The lowest BCUT2D eigenvalue weighted by molar-refractivity contribution is 0.102. The predicted octanol–water partition coefficient (Wildman–Crippen LogP) is 3.48. The van der Waals surface area contributed by atoms with E-state index in [9.17, 15) is 9.00 Å². The summed E-state index contributed by atoms with van der Waals surface area (Å²) >= 11 is 6.03. The summed E-state index contributed by atoms with van der Waals surface area (Å²) in [4.78, 5) is 12.3. The molecule has 0 saturated heterocycles. The number of benzene rings is 2. The summed E-state index contributed by atoms with van der Waals surface area (Å²) in [5.74, 6) is 0.729. The summed E-state index contributed by atoms with van der Waals surface area (Å²) in [5.41, 5.74) is 1.96. The molecule has 0 heterocycles. The van der Waals surface area contributed by atoms with Crippen LogP contribution in [0.2, 0.25) is 5.02 Å². The average Bonchev–Trinajstić information content (AvgIpc) is 2.47. The minimum absolute atomic E-state index is 0.245. The number of amides is 1. The van der Waals surface area contributed by atoms with E-state index >= 15 is 0 Å². The minimum atomic E-state index is -0.946. The number of carbonyl (C=O) groups is 1. The quantitative estimate of drug-likeness (QED) is 0.908. The largest absolute Gasteiger partial charge is 0.495 e. The lowest BCUT2D eigenvalue weighted by Gasteiger charge is -2.09. The maximum Gasteiger partial charge on any atom is 0.255 e. The topological polar surface area (TPSA) is 55.4 Å². The van der Waals surface area contributed by atoms with Gasteiger partial charge in [-0.1, -0.05) is 23.7 Å². The van der Waals surface area contributed by atoms with E-state index in [4.69, 9.17) is 16.3 Å². The Balaban J connectivity index is 2.15. The van der Waals surface area contributed by atoms with Gasteiger partial charge in [0.2, 0.25) is 0 Å². The van der Waals surface area contributed by atoms with Crippen molar-refractivity contribution in [2.75, 3.05) is 18.7 Å². The molecule has 1 amide bonds. The van der Waals surface area contributed by atoms with E-state index in [1.165, 1.54) is 7.11 Å². The zero-order valence-electron chi connectivity index (χ0n) is 12.3. The highest BCUT2D eigenvalue weighted by molar-refractivity contribution is 7.83. The van der Waals surface area contributed by atoms with E-state index in [1.54, 1.807) is 42.7 Å². The Morgan fingerprint density at radius 1 is 1.27 bits per heavy atom. The molecule has 4 nitrogen and oxygen atoms in total. The van der Waals surface area contributed by atoms with Crippen LogP contribution in [0.4, 0.5) is 5.69 Å². The van der Waals surface area contributed by atoms with Crippen LogP contribution >= 0.6 is 11.6 Å². The van der Waals surface area contributed by atoms with Gasteiger partial charge >= 0.3 is 0 Å². The van der Waals surface area contributed by atoms with Crippen molar-refractivity contribution >= 4 is 34.0 Å². The second kappa shape index (κ2) is 7.42. The van der Waals surface area contributed by atoms with Crippen molar-refractivity contribution in [1.82, 2.24) is 0 Å². The van der Waals surface area contributed by atoms with Gasteiger partial charge in [-0.3, -0.25) is 9.00 Å². The predicted molar refractivity (Wildman–Crippen MR) is 90.2 cm³/mol. The first-order chi connectivity index (χ1) is 10.5. The molecule has 6 heteroatoms. The molecule has 2 aromatic rings. The fraction of sp³-hybridized carbons (Fsp3) is 0.188. The second-order valence-electron chi connectivity index (χ2n) is 4.72. The van der Waals surface area contributed by atoms with Crippen LogP contribution in [0, 0.1) is 0 Å². The van der Waals surface area contributed by atoms with Crippen LogP contribution in [0.1, 0.15) is 15.9 Å². The van der Waals surface area contributed by atoms with Crippen molar-refractivity contribution in [2.24, 2.45) is 0 Å². The number of halogens is 1. The lowest BCUT2D eigenvalue weighted by atomic mass is 10.1. The Labute approximate surface area is 136 Å². The molecule has 0 aliphatic carbocycles. The molecule has 1 unspecified atom stereocenters. The number of hydrogen-bond donors (Lipinski definition) is 1. The van der Waals surface area contributed by atoms with Gasteiger partial charge in [0.1, 0.15) is 5.75 Å². The fourth-order valence-electron chi connectivity index (χ4n) is 1.98. The third kappa shape index (κ3) is 4.32. The van der Waals surface area contributed by atoms with Gasteiger partial charge < -0.3 is 10.1 Å². The van der Waals surface area contributed by atoms with E-state index < -0.39 is 10.8 Å². The third-order valence-corrected chi connectivity index (χ3v) is 4.00. The molecule has 0 aliphatic heterocycles. The van der Waals surface area contributed by atoms with Gasteiger partial charge in [0.15, 0.2) is 0 Å². The van der Waals surface area contributed by atoms with Crippen LogP contribution in [0.3, 0.4) is 0 Å². The second-order valence-corrected chi connectivity index (χ2v) is 6.56. The van der Waals surface area contributed by atoms with Crippen LogP contribution in [0.15, 0.2) is 42.5 Å². The van der Waals surface area contributed by atoms with Gasteiger partial charge in [-0.2, -0.15) is 0 Å². The Bertz CT molecular complexity index is 718. The van der Waals surface area contributed by atoms with Gasteiger partial charge in [0.05, 0.1) is 12.1 Å². The Hall–Kier alpha value is -1.85. The normalized spacial score (nSPS) is 11.8. The molecule has 0 fully saturated rings. The molecule has 0 aliphatic rings. The highest BCUT2D eigenvalue weighted by atomic mass is 35.5. The number of hydrogen-bond acceptors (Lipinski definition) is 3. The maximum absolute atomic E-state index is 12.3. The van der Waals surface area contributed by atoms with Crippen LogP contribution in [0.5, 0.6) is 5.75 Å². The first-order valence-corrected chi connectivity index (χ1v) is 8.64. The Kier molecular flexibility index (Phi) is 5.57. The number of ether oxygens (including phenoxy) is 1. The van der Waals surface area contributed by atoms with Gasteiger partial charge in [-0.15, -0.1) is 0 Å². The zero-order chi connectivity index (χ0) is 16.1. The number of rotatable bonds is 5. The van der Waals surface area contributed by atoms with Crippen molar-refractivity contribution in [3.63, 3.8) is 0 Å². The van der Waals surface area contributed by atoms with E-state index in [1.807, 2.05) is 6.07 Å². The van der Waals surface area contributed by atoms with Crippen LogP contribution < -0.4 is 10.1 Å². The van der Waals surface area contributed by atoms with Gasteiger partial charge in [0.25, 0.3) is 5.91 Å². The molecule has 1 atom stereocenters. The van der Waals surface area contributed by atoms with E-state index in [0.29, 0.717) is 27.8 Å². The highest BCUT2D eigenvalue weighted by Gasteiger charge is 2.09. The SMILES string of the molecule is COc1ccc(NC(=O)c2cccc(CS(C)=O)c2)cc1Cl. The molecule has 0 radical (unpaired) electrons. The first kappa shape index (κ1) is 16.5. The smallest absolute Gasteiger partial charge is 0.255 e. The Morgan fingerprint density at radius 3 is 2.68 bits per heavy atom. The van der Waals surface area contributed by atoms with Crippen molar-refractivity contribution in [1.29, 1.82) is 0 Å². The number of nitrogens with one attached hydrogen (secondary N) is 1. The number of methoxy groups -OCH3 is 1. The summed E-state index contributed by atoms with van der Waals surface area (Å²) in [6, 6.07) is 12.1. The van der Waals surface area contributed by atoms with Crippen molar-refractivity contribution in [3.05, 3.63) is 58.6 Å². The third-order valence-electron chi connectivity index (χ3n) is 2.97. The molecular formula is C16H16ClNO3S. The number of anilines is 1. The molecule has 0 saturated carbocycles. The van der Waals surface area contributed by atoms with E-state index in [-0.39, 0.29) is 5.91 Å². The van der Waals surface area contributed by atoms with Gasteiger partial charge in [0, 0.05) is 34.1 Å². The number of carbonyl (C=O) groups excluding carboxylic acids is 1. The van der Waals surface area contributed by atoms with E-state index in [0.717, 1.165) is 5.56 Å². The molecule has 0 spiro atoms. The van der Waals surface area contributed by atoms with Gasteiger partial charge in [-0.25, -0.2) is 0 Å². The Morgan fingerprint density at radius 2 is 2.05 bits per heavy atom. The van der Waals surface area contributed by atoms with Crippen LogP contribution in [-0.4, -0.2) is 23.5 Å². The lowest BCUT2D eigenvalue weighted by Crippen LogP contribution is -2.12. The zero-order valence-corrected chi connectivity index (χ0v) is 13.8. The molecule has 2 rings (SSSR count). The highest BCUT2D eigenvalue weighted by Crippen LogP contribution is 2.27. The molecule has 2 aromatic carbocycles. The molecule has 116 valence electrons. The summed E-state index contributed by atoms with van der Waals surface area (Å²) in [7, 11) is 0.585. The summed E-state index contributed by atoms with van der Waals surface area (Å²) in [6.07, 6.45) is 1.63. The van der Waals surface area contributed by atoms with Crippen molar-refractivity contribution in [2.45, 2.75) is 5.75 Å². The molecular weight excluding hydrogens is 322 g/mol. The van der Waals surface area contributed by atoms with E-state index in [2.05, 4.69) is 5.32 Å². The van der Waals surface area contributed by atoms with Gasteiger partial charge in [-0.05, 0) is 35.9 Å². The molecule has 0 aromatic heterocycles.